The fraction of sp³-hybridized carbons (Fsp3) is 0.346. The maximum absolute atomic E-state index is 15.0. The molecular weight excluding hydrogens is 499 g/mol. The normalized spacial score (nSPS) is 22.9. The standard InChI is InChI=1S/C26H26F3N7O2/c1-14-10-35(11-19(30)24(14)37)22-4-5-31-9-21(22)33-25-32-8-16-2-3-20(34-36(16)25)23-17(27)6-15(7-18(23)28)26(29)12-38-13-26/h2-9,14,19,24,37H,10-13,30H2,1H3,(H,32,33). The van der Waals surface area contributed by atoms with Gasteiger partial charge in [0.1, 0.15) is 11.6 Å². The minimum Gasteiger partial charge on any atom is -0.391 e. The number of pyridine rings is 1. The molecule has 4 aromatic rings. The van der Waals surface area contributed by atoms with Crippen LogP contribution in [0.4, 0.5) is 30.5 Å². The van der Waals surface area contributed by atoms with Gasteiger partial charge in [-0.25, -0.2) is 18.2 Å². The summed E-state index contributed by atoms with van der Waals surface area (Å²) in [7, 11) is 0. The van der Waals surface area contributed by atoms with E-state index in [9.17, 15) is 9.50 Å². The third-order valence-electron chi connectivity index (χ3n) is 7.21. The lowest BCUT2D eigenvalue weighted by atomic mass is 9.92. The first-order valence-corrected chi connectivity index (χ1v) is 12.2. The number of hydrogen-bond acceptors (Lipinski definition) is 8. The molecule has 0 bridgehead atoms. The Kier molecular flexibility index (Phi) is 5.97. The molecule has 3 unspecified atom stereocenters. The summed E-state index contributed by atoms with van der Waals surface area (Å²) in [5.74, 6) is -1.57. The Morgan fingerprint density at radius 3 is 2.58 bits per heavy atom. The smallest absolute Gasteiger partial charge is 0.229 e. The summed E-state index contributed by atoms with van der Waals surface area (Å²) in [6, 6.07) is 6.53. The van der Waals surface area contributed by atoms with Gasteiger partial charge in [0.2, 0.25) is 5.95 Å². The Morgan fingerprint density at radius 2 is 1.89 bits per heavy atom. The number of halogens is 3. The van der Waals surface area contributed by atoms with E-state index in [1.807, 2.05) is 13.0 Å². The molecular formula is C26H26F3N7O2. The van der Waals surface area contributed by atoms with Crippen LogP contribution >= 0.6 is 0 Å². The summed E-state index contributed by atoms with van der Waals surface area (Å²) in [6.07, 6.45) is 4.28. The van der Waals surface area contributed by atoms with Crippen molar-refractivity contribution in [2.24, 2.45) is 11.7 Å². The third-order valence-corrected chi connectivity index (χ3v) is 7.21. The van der Waals surface area contributed by atoms with Crippen LogP contribution in [0.25, 0.3) is 16.8 Å². The zero-order valence-electron chi connectivity index (χ0n) is 20.5. The van der Waals surface area contributed by atoms with Gasteiger partial charge in [-0.3, -0.25) is 4.98 Å². The molecule has 0 aliphatic carbocycles. The first kappa shape index (κ1) is 24.6. The lowest BCUT2D eigenvalue weighted by Gasteiger charge is -2.40. The van der Waals surface area contributed by atoms with Crippen molar-refractivity contribution < 1.29 is 23.0 Å². The van der Waals surface area contributed by atoms with Crippen LogP contribution in [0.15, 0.2) is 48.9 Å². The summed E-state index contributed by atoms with van der Waals surface area (Å²) in [5.41, 5.74) is 5.85. The van der Waals surface area contributed by atoms with E-state index >= 15 is 8.78 Å². The fourth-order valence-electron chi connectivity index (χ4n) is 5.02. The summed E-state index contributed by atoms with van der Waals surface area (Å²) in [5, 5.41) is 17.9. The minimum atomic E-state index is -1.89. The van der Waals surface area contributed by atoms with Crippen molar-refractivity contribution in [1.29, 1.82) is 0 Å². The largest absolute Gasteiger partial charge is 0.391 e. The second-order valence-electron chi connectivity index (χ2n) is 9.96. The number of aliphatic hydroxyl groups excluding tert-OH is 1. The number of fused-ring (bicyclic) bond motifs is 1. The molecule has 3 aromatic heterocycles. The predicted octanol–water partition coefficient (Wildman–Crippen LogP) is 3.15. The average molecular weight is 526 g/mol. The number of aromatic nitrogens is 4. The zero-order chi connectivity index (χ0) is 26.6. The maximum Gasteiger partial charge on any atom is 0.229 e. The van der Waals surface area contributed by atoms with Gasteiger partial charge in [0.25, 0.3) is 0 Å². The lowest BCUT2D eigenvalue weighted by Crippen LogP contribution is -2.55. The monoisotopic (exact) mass is 525 g/mol. The van der Waals surface area contributed by atoms with E-state index in [0.29, 0.717) is 30.2 Å². The topological polar surface area (TPSA) is 114 Å². The van der Waals surface area contributed by atoms with E-state index in [4.69, 9.17) is 10.5 Å². The number of rotatable bonds is 5. The van der Waals surface area contributed by atoms with Crippen molar-refractivity contribution in [3.8, 4) is 11.3 Å². The first-order valence-electron chi connectivity index (χ1n) is 12.2. The molecule has 1 aromatic carbocycles. The number of benzene rings is 1. The van der Waals surface area contributed by atoms with Crippen molar-refractivity contribution in [3.05, 3.63) is 66.1 Å². The van der Waals surface area contributed by atoms with Crippen molar-refractivity contribution in [2.45, 2.75) is 24.7 Å². The van der Waals surface area contributed by atoms with Crippen LogP contribution in [0.2, 0.25) is 0 Å². The van der Waals surface area contributed by atoms with Gasteiger partial charge in [-0.2, -0.15) is 9.61 Å². The van der Waals surface area contributed by atoms with Crippen LogP contribution in [-0.4, -0.2) is 63.1 Å². The highest BCUT2D eigenvalue weighted by atomic mass is 19.1. The Balaban J connectivity index is 1.34. The molecule has 6 rings (SSSR count). The Bertz CT molecular complexity index is 1470. The molecule has 2 saturated heterocycles. The number of piperidine rings is 1. The molecule has 0 spiro atoms. The van der Waals surface area contributed by atoms with Crippen LogP contribution in [0.5, 0.6) is 0 Å². The fourth-order valence-corrected chi connectivity index (χ4v) is 5.02. The average Bonchev–Trinajstić information content (AvgIpc) is 3.27. The summed E-state index contributed by atoms with van der Waals surface area (Å²) >= 11 is 0. The van der Waals surface area contributed by atoms with Crippen molar-refractivity contribution >= 4 is 22.8 Å². The lowest BCUT2D eigenvalue weighted by molar-refractivity contribution is -0.135. The number of aliphatic hydroxyl groups is 1. The molecule has 0 radical (unpaired) electrons. The highest BCUT2D eigenvalue weighted by Gasteiger charge is 2.41. The number of ether oxygens (including phenoxy) is 1. The molecule has 0 saturated carbocycles. The van der Waals surface area contributed by atoms with Crippen LogP contribution in [0.1, 0.15) is 12.5 Å². The van der Waals surface area contributed by atoms with E-state index in [1.165, 1.54) is 10.6 Å². The van der Waals surface area contributed by atoms with E-state index in [2.05, 4.69) is 25.3 Å². The van der Waals surface area contributed by atoms with Gasteiger partial charge in [-0.1, -0.05) is 6.92 Å². The molecule has 2 fully saturated rings. The molecule has 38 heavy (non-hydrogen) atoms. The van der Waals surface area contributed by atoms with Crippen molar-refractivity contribution in [2.75, 3.05) is 36.5 Å². The molecule has 3 atom stereocenters. The Hall–Kier alpha value is -3.74. The van der Waals surface area contributed by atoms with E-state index in [1.54, 1.807) is 24.7 Å². The molecule has 2 aliphatic rings. The van der Waals surface area contributed by atoms with Gasteiger partial charge in [-0.05, 0) is 35.9 Å². The number of nitrogens with zero attached hydrogens (tertiary/aromatic N) is 5. The molecule has 2 aliphatic heterocycles. The number of anilines is 3. The van der Waals surface area contributed by atoms with Gasteiger partial charge < -0.3 is 25.8 Å². The Labute approximate surface area is 216 Å². The zero-order valence-corrected chi connectivity index (χ0v) is 20.5. The van der Waals surface area contributed by atoms with E-state index in [-0.39, 0.29) is 36.0 Å². The maximum atomic E-state index is 15.0. The molecule has 9 nitrogen and oxygen atoms in total. The third kappa shape index (κ3) is 4.14. The number of imidazole rings is 1. The van der Waals surface area contributed by atoms with Gasteiger partial charge in [0.05, 0.1) is 59.9 Å². The van der Waals surface area contributed by atoms with Crippen LogP contribution in [0.3, 0.4) is 0 Å². The SMILES string of the molecule is CC1CN(c2ccncc2Nc2ncc3ccc(-c4c(F)cc(C5(F)COC5)cc4F)nn23)CC(N)C1O. The van der Waals surface area contributed by atoms with E-state index < -0.39 is 29.4 Å². The summed E-state index contributed by atoms with van der Waals surface area (Å²) < 4.78 is 51.1. The molecule has 5 heterocycles. The number of nitrogens with two attached hydrogens (primary N) is 1. The summed E-state index contributed by atoms with van der Waals surface area (Å²) in [6.45, 7) is 2.52. The second kappa shape index (κ2) is 9.22. The quantitative estimate of drug-likeness (QED) is 0.364. The molecule has 4 N–H and O–H groups in total. The van der Waals surface area contributed by atoms with Crippen LogP contribution in [0, 0.1) is 17.6 Å². The van der Waals surface area contributed by atoms with Crippen LogP contribution in [-0.2, 0) is 10.4 Å². The molecule has 12 heteroatoms. The van der Waals surface area contributed by atoms with Gasteiger partial charge in [0.15, 0.2) is 5.67 Å². The summed E-state index contributed by atoms with van der Waals surface area (Å²) in [4.78, 5) is 10.7. The highest BCUT2D eigenvalue weighted by molar-refractivity contribution is 5.74. The second-order valence-corrected chi connectivity index (χ2v) is 9.96. The molecule has 0 amide bonds. The predicted molar refractivity (Wildman–Crippen MR) is 135 cm³/mol. The van der Waals surface area contributed by atoms with Crippen LogP contribution < -0.4 is 16.0 Å². The van der Waals surface area contributed by atoms with E-state index in [0.717, 1.165) is 17.8 Å². The number of nitrogens with one attached hydrogen (secondary N) is 1. The first-order chi connectivity index (χ1) is 18.2. The van der Waals surface area contributed by atoms with Crippen molar-refractivity contribution in [1.82, 2.24) is 19.6 Å². The molecule has 198 valence electrons. The minimum absolute atomic E-state index is 0.0223. The number of alkyl halides is 1. The van der Waals surface area contributed by atoms with Gasteiger partial charge >= 0.3 is 0 Å². The van der Waals surface area contributed by atoms with Crippen molar-refractivity contribution in [3.63, 3.8) is 0 Å². The highest BCUT2D eigenvalue weighted by Crippen LogP contribution is 2.37. The van der Waals surface area contributed by atoms with Gasteiger partial charge in [0, 0.05) is 31.2 Å². The Morgan fingerprint density at radius 1 is 1.13 bits per heavy atom. The number of hydrogen-bond donors (Lipinski definition) is 3. The van der Waals surface area contributed by atoms with Gasteiger partial charge in [-0.15, -0.1) is 0 Å².